The SMILES string of the molecule is O=C(c1ccc2cccnc2c1)c1cc(Br)c(Br)s1. The summed E-state index contributed by atoms with van der Waals surface area (Å²) in [6, 6.07) is 11.3. The van der Waals surface area contributed by atoms with E-state index in [9.17, 15) is 4.79 Å². The van der Waals surface area contributed by atoms with Crippen molar-refractivity contribution < 1.29 is 4.79 Å². The van der Waals surface area contributed by atoms with Crippen LogP contribution in [-0.4, -0.2) is 10.8 Å². The first-order valence-corrected chi connectivity index (χ1v) is 7.90. The highest BCUT2D eigenvalue weighted by atomic mass is 79.9. The topological polar surface area (TPSA) is 30.0 Å². The van der Waals surface area contributed by atoms with Crippen LogP contribution in [0.3, 0.4) is 0 Å². The van der Waals surface area contributed by atoms with Crippen LogP contribution >= 0.6 is 43.2 Å². The number of rotatable bonds is 2. The van der Waals surface area contributed by atoms with Gasteiger partial charge in [0.1, 0.15) is 0 Å². The summed E-state index contributed by atoms with van der Waals surface area (Å²) in [5.41, 5.74) is 1.50. The Labute approximate surface area is 130 Å². The number of thiophene rings is 1. The van der Waals surface area contributed by atoms with Gasteiger partial charge in [0.15, 0.2) is 0 Å². The molecule has 0 N–H and O–H groups in total. The molecule has 0 atom stereocenters. The fourth-order valence-corrected chi connectivity index (χ4v) is 3.81. The van der Waals surface area contributed by atoms with Gasteiger partial charge in [-0.15, -0.1) is 11.3 Å². The highest BCUT2D eigenvalue weighted by Gasteiger charge is 2.14. The molecule has 2 heterocycles. The smallest absolute Gasteiger partial charge is 0.203 e. The molecule has 0 radical (unpaired) electrons. The molecule has 3 aromatic rings. The minimum atomic E-state index is 0.0175. The van der Waals surface area contributed by atoms with Crippen LogP contribution in [0.25, 0.3) is 10.9 Å². The molecule has 5 heteroatoms. The van der Waals surface area contributed by atoms with Crippen molar-refractivity contribution in [3.8, 4) is 0 Å². The standard InChI is InChI=1S/C14H7Br2NOS/c15-10-7-12(19-14(10)16)13(18)9-4-3-8-2-1-5-17-11(8)6-9/h1-7H. The summed E-state index contributed by atoms with van der Waals surface area (Å²) in [6.45, 7) is 0. The summed E-state index contributed by atoms with van der Waals surface area (Å²) in [6.07, 6.45) is 1.73. The Bertz CT molecular complexity index is 762. The van der Waals surface area contributed by atoms with Crippen molar-refractivity contribution >= 4 is 59.9 Å². The van der Waals surface area contributed by atoms with Crippen LogP contribution < -0.4 is 0 Å². The van der Waals surface area contributed by atoms with Gasteiger partial charge in [-0.2, -0.15) is 0 Å². The maximum Gasteiger partial charge on any atom is 0.203 e. The molecule has 0 aliphatic heterocycles. The van der Waals surface area contributed by atoms with Gasteiger partial charge in [0, 0.05) is 21.6 Å². The second kappa shape index (κ2) is 5.15. The van der Waals surface area contributed by atoms with E-state index in [4.69, 9.17) is 0 Å². The maximum absolute atomic E-state index is 12.4. The number of carbonyl (C=O) groups is 1. The number of ketones is 1. The Hall–Kier alpha value is -1.04. The van der Waals surface area contributed by atoms with Gasteiger partial charge in [-0.3, -0.25) is 9.78 Å². The first kappa shape index (κ1) is 13.0. The Morgan fingerprint density at radius 2 is 2.00 bits per heavy atom. The third-order valence-corrected chi connectivity index (χ3v) is 5.99. The van der Waals surface area contributed by atoms with E-state index in [-0.39, 0.29) is 5.78 Å². The second-order valence-electron chi connectivity index (χ2n) is 3.97. The molecule has 0 aliphatic carbocycles. The molecule has 0 saturated heterocycles. The minimum Gasteiger partial charge on any atom is -0.288 e. The average molecular weight is 397 g/mol. The fraction of sp³-hybridized carbons (Fsp3) is 0. The van der Waals surface area contributed by atoms with Gasteiger partial charge in [0.25, 0.3) is 0 Å². The van der Waals surface area contributed by atoms with Gasteiger partial charge in [-0.25, -0.2) is 0 Å². The third-order valence-electron chi connectivity index (χ3n) is 2.74. The summed E-state index contributed by atoms with van der Waals surface area (Å²) in [4.78, 5) is 17.4. The van der Waals surface area contributed by atoms with Gasteiger partial charge in [-0.05, 0) is 50.1 Å². The van der Waals surface area contributed by atoms with Gasteiger partial charge in [0.2, 0.25) is 5.78 Å². The van der Waals surface area contributed by atoms with E-state index >= 15 is 0 Å². The number of fused-ring (bicyclic) bond motifs is 1. The zero-order valence-electron chi connectivity index (χ0n) is 9.56. The lowest BCUT2D eigenvalue weighted by molar-refractivity contribution is 0.104. The van der Waals surface area contributed by atoms with Crippen molar-refractivity contribution in [2.75, 3.05) is 0 Å². The molecule has 0 unspecified atom stereocenters. The molecule has 0 bridgehead atoms. The average Bonchev–Trinajstić information content (AvgIpc) is 2.77. The number of benzene rings is 1. The van der Waals surface area contributed by atoms with Crippen LogP contribution in [0, 0.1) is 0 Å². The molecule has 19 heavy (non-hydrogen) atoms. The Morgan fingerprint density at radius 1 is 1.16 bits per heavy atom. The Morgan fingerprint density at radius 3 is 2.74 bits per heavy atom. The van der Waals surface area contributed by atoms with Crippen LogP contribution in [0.15, 0.2) is 50.9 Å². The lowest BCUT2D eigenvalue weighted by Gasteiger charge is -2.00. The number of halogens is 2. The quantitative estimate of drug-likeness (QED) is 0.567. The summed E-state index contributed by atoms with van der Waals surface area (Å²) < 4.78 is 1.83. The number of nitrogens with zero attached hydrogens (tertiary/aromatic N) is 1. The van der Waals surface area contributed by atoms with Crippen molar-refractivity contribution in [1.82, 2.24) is 4.98 Å². The molecule has 1 aromatic carbocycles. The highest BCUT2D eigenvalue weighted by molar-refractivity contribution is 9.13. The van der Waals surface area contributed by atoms with Crippen molar-refractivity contribution in [2.45, 2.75) is 0 Å². The van der Waals surface area contributed by atoms with Crippen LogP contribution in [0.4, 0.5) is 0 Å². The number of pyridine rings is 1. The lowest BCUT2D eigenvalue weighted by atomic mass is 10.1. The van der Waals surface area contributed by atoms with Crippen LogP contribution in [-0.2, 0) is 0 Å². The van der Waals surface area contributed by atoms with E-state index in [1.165, 1.54) is 11.3 Å². The monoisotopic (exact) mass is 395 g/mol. The molecule has 0 spiro atoms. The number of aromatic nitrogens is 1. The maximum atomic E-state index is 12.4. The molecular weight excluding hydrogens is 390 g/mol. The van der Waals surface area contributed by atoms with Crippen LogP contribution in [0.1, 0.15) is 15.2 Å². The zero-order valence-corrected chi connectivity index (χ0v) is 13.5. The predicted molar refractivity (Wildman–Crippen MR) is 84.9 cm³/mol. The van der Waals surface area contributed by atoms with E-state index in [1.807, 2.05) is 36.4 Å². The predicted octanol–water partition coefficient (Wildman–Crippen LogP) is 5.05. The molecule has 2 aromatic heterocycles. The van der Waals surface area contributed by atoms with E-state index < -0.39 is 0 Å². The fourth-order valence-electron chi connectivity index (χ4n) is 1.81. The highest BCUT2D eigenvalue weighted by Crippen LogP contribution is 2.33. The van der Waals surface area contributed by atoms with Crippen LogP contribution in [0.2, 0.25) is 0 Å². The molecule has 0 saturated carbocycles. The third kappa shape index (κ3) is 2.50. The van der Waals surface area contributed by atoms with Crippen LogP contribution in [0.5, 0.6) is 0 Å². The first-order chi connectivity index (χ1) is 9.15. The van der Waals surface area contributed by atoms with Crippen molar-refractivity contribution in [2.24, 2.45) is 0 Å². The van der Waals surface area contributed by atoms with E-state index in [2.05, 4.69) is 36.8 Å². The number of hydrogen-bond acceptors (Lipinski definition) is 3. The summed E-state index contributed by atoms with van der Waals surface area (Å²) in [7, 11) is 0. The summed E-state index contributed by atoms with van der Waals surface area (Å²) >= 11 is 8.22. The van der Waals surface area contributed by atoms with Crippen molar-refractivity contribution in [3.63, 3.8) is 0 Å². The van der Waals surface area contributed by atoms with Gasteiger partial charge >= 0.3 is 0 Å². The Balaban J connectivity index is 2.06. The molecule has 0 fully saturated rings. The van der Waals surface area contributed by atoms with Gasteiger partial charge in [0.05, 0.1) is 14.2 Å². The molecule has 0 aliphatic rings. The Kier molecular flexibility index (Phi) is 3.52. The first-order valence-electron chi connectivity index (χ1n) is 5.49. The van der Waals surface area contributed by atoms with E-state index in [1.54, 1.807) is 6.20 Å². The number of hydrogen-bond donors (Lipinski definition) is 0. The normalized spacial score (nSPS) is 10.8. The van der Waals surface area contributed by atoms with Crippen molar-refractivity contribution in [3.05, 3.63) is 61.3 Å². The molecular formula is C14H7Br2NOS. The number of carbonyl (C=O) groups excluding carboxylic acids is 1. The summed E-state index contributed by atoms with van der Waals surface area (Å²) in [5.74, 6) is 0.0175. The second-order valence-corrected chi connectivity index (χ2v) is 7.20. The molecule has 0 amide bonds. The zero-order chi connectivity index (χ0) is 13.4. The van der Waals surface area contributed by atoms with E-state index in [0.29, 0.717) is 10.4 Å². The molecule has 2 nitrogen and oxygen atoms in total. The summed E-state index contributed by atoms with van der Waals surface area (Å²) in [5, 5.41) is 1.03. The largest absolute Gasteiger partial charge is 0.288 e. The van der Waals surface area contributed by atoms with Gasteiger partial charge < -0.3 is 0 Å². The minimum absolute atomic E-state index is 0.0175. The molecule has 94 valence electrons. The molecule has 3 rings (SSSR count). The van der Waals surface area contributed by atoms with Gasteiger partial charge in [-0.1, -0.05) is 18.2 Å². The van der Waals surface area contributed by atoms with E-state index in [0.717, 1.165) is 19.2 Å². The van der Waals surface area contributed by atoms with Crippen molar-refractivity contribution in [1.29, 1.82) is 0 Å². The lowest BCUT2D eigenvalue weighted by Crippen LogP contribution is -1.98.